The van der Waals surface area contributed by atoms with Gasteiger partial charge in [-0.05, 0) is 80.6 Å². The van der Waals surface area contributed by atoms with Gasteiger partial charge < -0.3 is 15.0 Å². The third-order valence-electron chi connectivity index (χ3n) is 10.0. The molecule has 9 nitrogen and oxygen atoms in total. The Kier molecular flexibility index (Phi) is 11.5. The molecule has 3 aromatic heterocycles. The van der Waals surface area contributed by atoms with Crippen molar-refractivity contribution < 1.29 is 9.53 Å². The van der Waals surface area contributed by atoms with E-state index in [4.69, 9.17) is 19.7 Å². The van der Waals surface area contributed by atoms with Crippen molar-refractivity contribution in [1.29, 1.82) is 0 Å². The molecule has 1 aliphatic heterocycles. The van der Waals surface area contributed by atoms with Crippen molar-refractivity contribution in [2.45, 2.75) is 117 Å². The van der Waals surface area contributed by atoms with Crippen LogP contribution in [0.3, 0.4) is 0 Å². The van der Waals surface area contributed by atoms with Crippen molar-refractivity contribution in [2.24, 2.45) is 17.8 Å². The Bertz CT molecular complexity index is 1440. The Balaban J connectivity index is 1.29. The number of carbonyl (C=O) groups is 1. The van der Waals surface area contributed by atoms with E-state index < -0.39 is 0 Å². The van der Waals surface area contributed by atoms with E-state index in [1.807, 2.05) is 24.5 Å². The van der Waals surface area contributed by atoms with Crippen LogP contribution in [0.2, 0.25) is 0 Å². The van der Waals surface area contributed by atoms with Crippen LogP contribution in [-0.4, -0.2) is 56.9 Å². The maximum Gasteiger partial charge on any atom is 0.316 e. The SMILES string of the molecule is COc1ncc(-c2ccc(C(C(=O)CCC(C)C)C3CCC(Nc4ncc(C(C)(C)C)c(N5CCCC(C)CC5)n4)CC3)nc2)cn1. The summed E-state index contributed by atoms with van der Waals surface area (Å²) in [5.41, 5.74) is 3.83. The minimum absolute atomic E-state index is 0.0321. The van der Waals surface area contributed by atoms with Gasteiger partial charge in [0.25, 0.3) is 0 Å². The van der Waals surface area contributed by atoms with E-state index in [1.54, 1.807) is 19.5 Å². The van der Waals surface area contributed by atoms with E-state index in [0.29, 0.717) is 24.1 Å². The molecule has 0 spiro atoms. The topological polar surface area (TPSA) is 106 Å². The normalized spacial score (nSPS) is 21.3. The first-order valence-corrected chi connectivity index (χ1v) is 17.8. The predicted molar refractivity (Wildman–Crippen MR) is 189 cm³/mol. The average Bonchev–Trinajstić information content (AvgIpc) is 3.28. The first-order chi connectivity index (χ1) is 22.5. The molecule has 5 rings (SSSR count). The lowest BCUT2D eigenvalue weighted by Crippen LogP contribution is -2.33. The molecule has 2 aliphatic rings. The molecule has 47 heavy (non-hydrogen) atoms. The summed E-state index contributed by atoms with van der Waals surface area (Å²) in [5.74, 6) is 3.41. The van der Waals surface area contributed by atoms with E-state index in [9.17, 15) is 4.79 Å². The van der Waals surface area contributed by atoms with Gasteiger partial charge >= 0.3 is 6.01 Å². The molecule has 1 N–H and O–H groups in total. The fourth-order valence-corrected chi connectivity index (χ4v) is 7.05. The maximum absolute atomic E-state index is 13.8. The van der Waals surface area contributed by atoms with Gasteiger partial charge in [0.05, 0.1) is 18.7 Å². The third kappa shape index (κ3) is 9.05. The zero-order valence-electron chi connectivity index (χ0n) is 29.6. The average molecular weight is 642 g/mol. The van der Waals surface area contributed by atoms with Crippen LogP contribution < -0.4 is 15.0 Å². The van der Waals surface area contributed by atoms with Crippen LogP contribution in [0.5, 0.6) is 6.01 Å². The monoisotopic (exact) mass is 641 g/mol. The summed E-state index contributed by atoms with van der Waals surface area (Å²) in [6, 6.07) is 4.67. The first kappa shape index (κ1) is 34.7. The number of hydrogen-bond acceptors (Lipinski definition) is 9. The van der Waals surface area contributed by atoms with Gasteiger partial charge in [-0.15, -0.1) is 0 Å². The maximum atomic E-state index is 13.8. The number of hydrogen-bond donors (Lipinski definition) is 1. The van der Waals surface area contributed by atoms with Gasteiger partial charge in [-0.1, -0.05) is 47.6 Å². The number of carbonyl (C=O) groups excluding carboxylic acids is 1. The molecule has 4 heterocycles. The number of pyridine rings is 1. The summed E-state index contributed by atoms with van der Waals surface area (Å²) in [5, 5.41) is 3.70. The Morgan fingerprint density at radius 3 is 2.30 bits per heavy atom. The lowest BCUT2D eigenvalue weighted by atomic mass is 9.74. The predicted octanol–water partition coefficient (Wildman–Crippen LogP) is 8.02. The molecule has 2 fully saturated rings. The number of ketones is 1. The van der Waals surface area contributed by atoms with Crippen LogP contribution in [0.1, 0.15) is 117 Å². The number of rotatable bonds is 11. The molecular weight excluding hydrogens is 586 g/mol. The zero-order chi connectivity index (χ0) is 33.6. The second-order valence-corrected chi connectivity index (χ2v) is 15.3. The summed E-state index contributed by atoms with van der Waals surface area (Å²) in [7, 11) is 1.55. The Labute approximate surface area is 281 Å². The Morgan fingerprint density at radius 1 is 0.936 bits per heavy atom. The van der Waals surface area contributed by atoms with Gasteiger partial charge in [0.15, 0.2) is 0 Å². The number of Topliss-reactive ketones (excluding diaryl/α,β-unsaturated/α-hetero) is 1. The highest BCUT2D eigenvalue weighted by atomic mass is 16.5. The summed E-state index contributed by atoms with van der Waals surface area (Å²) in [6.07, 6.45) is 16.4. The van der Waals surface area contributed by atoms with Gasteiger partial charge in [-0.25, -0.2) is 15.0 Å². The van der Waals surface area contributed by atoms with E-state index in [2.05, 4.69) is 61.7 Å². The fourth-order valence-electron chi connectivity index (χ4n) is 7.05. The minimum atomic E-state index is -0.199. The number of anilines is 2. The molecule has 0 radical (unpaired) electrons. The van der Waals surface area contributed by atoms with E-state index in [-0.39, 0.29) is 23.3 Å². The highest BCUT2D eigenvalue weighted by Gasteiger charge is 2.34. The molecular formula is C38H55N7O2. The molecule has 2 unspecified atom stereocenters. The van der Waals surface area contributed by atoms with Crippen molar-refractivity contribution in [3.63, 3.8) is 0 Å². The molecule has 0 bridgehead atoms. The van der Waals surface area contributed by atoms with Crippen molar-refractivity contribution in [3.8, 4) is 17.1 Å². The fraction of sp³-hybridized carbons (Fsp3) is 0.632. The molecule has 2 atom stereocenters. The largest absolute Gasteiger partial charge is 0.467 e. The number of ether oxygens (including phenoxy) is 1. The lowest BCUT2D eigenvalue weighted by molar-refractivity contribution is -0.122. The van der Waals surface area contributed by atoms with Crippen LogP contribution in [0, 0.1) is 17.8 Å². The zero-order valence-corrected chi connectivity index (χ0v) is 29.6. The second kappa shape index (κ2) is 15.5. The lowest BCUT2D eigenvalue weighted by Gasteiger charge is -2.34. The summed E-state index contributed by atoms with van der Waals surface area (Å²) >= 11 is 0. The second-order valence-electron chi connectivity index (χ2n) is 15.3. The smallest absolute Gasteiger partial charge is 0.316 e. The number of aromatic nitrogens is 5. The first-order valence-electron chi connectivity index (χ1n) is 17.8. The van der Waals surface area contributed by atoms with Crippen molar-refractivity contribution >= 4 is 17.5 Å². The Hall–Kier alpha value is -3.62. The number of nitrogens with zero attached hydrogens (tertiary/aromatic N) is 6. The quantitative estimate of drug-likeness (QED) is 0.223. The molecule has 1 saturated heterocycles. The standard InChI is InChI=1S/C38H55N7O2/c1-25(2)10-17-33(46)34(32-16-13-28(21-39-32)29-22-41-37(47-7)42-23-29)27-11-14-30(15-12-27)43-36-40-24-31(38(4,5)6)35(44-36)45-19-8-9-26(3)18-20-45/h13,16,21-27,30,34H,8-12,14-15,17-20H2,1-7H3,(H,40,43,44). The highest BCUT2D eigenvalue weighted by molar-refractivity contribution is 5.85. The van der Waals surface area contributed by atoms with Crippen molar-refractivity contribution in [2.75, 3.05) is 30.4 Å². The van der Waals surface area contributed by atoms with Crippen LogP contribution >= 0.6 is 0 Å². The summed E-state index contributed by atoms with van der Waals surface area (Å²) in [6.45, 7) is 15.6. The molecule has 1 aliphatic carbocycles. The van der Waals surface area contributed by atoms with Crippen LogP contribution in [0.15, 0.2) is 36.9 Å². The highest BCUT2D eigenvalue weighted by Crippen LogP contribution is 2.39. The van der Waals surface area contributed by atoms with Gasteiger partial charge in [-0.2, -0.15) is 4.98 Å². The molecule has 254 valence electrons. The van der Waals surface area contributed by atoms with Gasteiger partial charge in [0, 0.05) is 67.0 Å². The van der Waals surface area contributed by atoms with E-state index in [1.165, 1.54) is 24.8 Å². The minimum Gasteiger partial charge on any atom is -0.467 e. The third-order valence-corrected chi connectivity index (χ3v) is 10.0. The van der Waals surface area contributed by atoms with E-state index in [0.717, 1.165) is 79.7 Å². The molecule has 3 aromatic rings. The van der Waals surface area contributed by atoms with Crippen molar-refractivity contribution in [3.05, 3.63) is 48.2 Å². The molecule has 9 heteroatoms. The number of nitrogens with one attached hydrogen (secondary N) is 1. The van der Waals surface area contributed by atoms with Crippen LogP contribution in [0.25, 0.3) is 11.1 Å². The molecule has 0 amide bonds. The van der Waals surface area contributed by atoms with Crippen LogP contribution in [0.4, 0.5) is 11.8 Å². The van der Waals surface area contributed by atoms with Gasteiger partial charge in [-0.3, -0.25) is 9.78 Å². The van der Waals surface area contributed by atoms with E-state index >= 15 is 0 Å². The van der Waals surface area contributed by atoms with Crippen molar-refractivity contribution in [1.82, 2.24) is 24.9 Å². The molecule has 0 aromatic carbocycles. The Morgan fingerprint density at radius 2 is 1.66 bits per heavy atom. The summed E-state index contributed by atoms with van der Waals surface area (Å²) in [4.78, 5) is 39.6. The van der Waals surface area contributed by atoms with Gasteiger partial charge in [0.1, 0.15) is 11.6 Å². The van der Waals surface area contributed by atoms with Crippen LogP contribution in [-0.2, 0) is 10.2 Å². The van der Waals surface area contributed by atoms with Gasteiger partial charge in [0.2, 0.25) is 5.95 Å². The summed E-state index contributed by atoms with van der Waals surface area (Å²) < 4.78 is 5.10. The number of methoxy groups -OCH3 is 1. The molecule has 1 saturated carbocycles.